The van der Waals surface area contributed by atoms with E-state index in [0.717, 1.165) is 18.8 Å². The molecule has 0 aliphatic carbocycles. The number of nitrogens with two attached hydrogens (primary N) is 1. The third-order valence-electron chi connectivity index (χ3n) is 3.69. The summed E-state index contributed by atoms with van der Waals surface area (Å²) < 4.78 is 1.55. The summed E-state index contributed by atoms with van der Waals surface area (Å²) in [6, 6.07) is 3.55. The SMILES string of the molecule is Cc1cc(N)n(CC(=O)N2CCN(c3ncccn3)CC2)n1. The molecule has 1 amide bonds. The second kappa shape index (κ2) is 6.00. The van der Waals surface area contributed by atoms with Gasteiger partial charge < -0.3 is 15.5 Å². The Kier molecular flexibility index (Phi) is 3.90. The van der Waals surface area contributed by atoms with Crippen molar-refractivity contribution in [2.45, 2.75) is 13.5 Å². The number of aromatic nitrogens is 4. The maximum absolute atomic E-state index is 12.3. The van der Waals surface area contributed by atoms with Crippen molar-refractivity contribution in [3.05, 3.63) is 30.2 Å². The molecule has 2 aromatic heterocycles. The van der Waals surface area contributed by atoms with Crippen molar-refractivity contribution < 1.29 is 4.79 Å². The Labute approximate surface area is 128 Å². The van der Waals surface area contributed by atoms with Crippen LogP contribution in [-0.2, 0) is 11.3 Å². The molecule has 0 radical (unpaired) electrons. The zero-order chi connectivity index (χ0) is 15.5. The van der Waals surface area contributed by atoms with E-state index < -0.39 is 0 Å². The van der Waals surface area contributed by atoms with Crippen LogP contribution in [0.15, 0.2) is 24.5 Å². The number of anilines is 2. The van der Waals surface area contributed by atoms with Crippen molar-refractivity contribution in [1.82, 2.24) is 24.6 Å². The second-order valence-electron chi connectivity index (χ2n) is 5.28. The minimum Gasteiger partial charge on any atom is -0.384 e. The van der Waals surface area contributed by atoms with E-state index in [2.05, 4.69) is 20.0 Å². The second-order valence-corrected chi connectivity index (χ2v) is 5.28. The molecule has 0 unspecified atom stereocenters. The van der Waals surface area contributed by atoms with Gasteiger partial charge in [-0.05, 0) is 13.0 Å². The van der Waals surface area contributed by atoms with Crippen LogP contribution in [0.2, 0.25) is 0 Å². The van der Waals surface area contributed by atoms with E-state index >= 15 is 0 Å². The summed E-state index contributed by atoms with van der Waals surface area (Å²) in [5, 5.41) is 4.22. The van der Waals surface area contributed by atoms with Crippen LogP contribution in [0.1, 0.15) is 5.69 Å². The Morgan fingerprint density at radius 3 is 2.50 bits per heavy atom. The topological polar surface area (TPSA) is 93.2 Å². The van der Waals surface area contributed by atoms with Crippen molar-refractivity contribution in [2.75, 3.05) is 36.8 Å². The molecular weight excluding hydrogens is 282 g/mol. The van der Waals surface area contributed by atoms with E-state index in [9.17, 15) is 4.79 Å². The van der Waals surface area contributed by atoms with E-state index in [-0.39, 0.29) is 12.5 Å². The molecule has 8 nitrogen and oxygen atoms in total. The molecule has 0 spiro atoms. The van der Waals surface area contributed by atoms with Gasteiger partial charge in [-0.15, -0.1) is 0 Å². The Bertz CT molecular complexity index is 646. The number of hydrogen-bond acceptors (Lipinski definition) is 6. The van der Waals surface area contributed by atoms with E-state index in [1.165, 1.54) is 0 Å². The molecule has 3 rings (SSSR count). The quantitative estimate of drug-likeness (QED) is 0.852. The molecule has 0 bridgehead atoms. The average Bonchev–Trinajstić information content (AvgIpc) is 2.86. The first-order chi connectivity index (χ1) is 10.6. The van der Waals surface area contributed by atoms with Crippen molar-refractivity contribution >= 4 is 17.7 Å². The number of nitrogens with zero attached hydrogens (tertiary/aromatic N) is 6. The van der Waals surface area contributed by atoms with Gasteiger partial charge in [0, 0.05) is 44.6 Å². The monoisotopic (exact) mass is 301 g/mol. The van der Waals surface area contributed by atoms with Crippen LogP contribution in [-0.4, -0.2) is 56.7 Å². The smallest absolute Gasteiger partial charge is 0.244 e. The van der Waals surface area contributed by atoms with Gasteiger partial charge in [0.25, 0.3) is 0 Å². The van der Waals surface area contributed by atoms with Crippen LogP contribution in [0, 0.1) is 6.92 Å². The molecule has 0 aromatic carbocycles. The van der Waals surface area contributed by atoms with Gasteiger partial charge in [0.05, 0.1) is 5.69 Å². The Balaban J connectivity index is 1.57. The highest BCUT2D eigenvalue weighted by Crippen LogP contribution is 2.11. The molecule has 2 N–H and O–H groups in total. The molecule has 1 fully saturated rings. The largest absolute Gasteiger partial charge is 0.384 e. The van der Waals surface area contributed by atoms with Crippen LogP contribution in [0.3, 0.4) is 0 Å². The van der Waals surface area contributed by atoms with Gasteiger partial charge in [-0.3, -0.25) is 4.79 Å². The van der Waals surface area contributed by atoms with Crippen LogP contribution in [0.5, 0.6) is 0 Å². The molecule has 1 saturated heterocycles. The predicted octanol–water partition coefficient (Wildman–Crippen LogP) is -0.0875. The lowest BCUT2D eigenvalue weighted by molar-refractivity contribution is -0.132. The third-order valence-corrected chi connectivity index (χ3v) is 3.69. The molecule has 3 heterocycles. The highest BCUT2D eigenvalue weighted by atomic mass is 16.2. The van der Waals surface area contributed by atoms with Crippen molar-refractivity contribution in [1.29, 1.82) is 0 Å². The van der Waals surface area contributed by atoms with Crippen molar-refractivity contribution in [3.8, 4) is 0 Å². The van der Waals surface area contributed by atoms with Crippen LogP contribution in [0.25, 0.3) is 0 Å². The number of rotatable bonds is 3. The number of carbonyl (C=O) groups is 1. The van der Waals surface area contributed by atoms with E-state index in [0.29, 0.717) is 24.9 Å². The van der Waals surface area contributed by atoms with Crippen LogP contribution < -0.4 is 10.6 Å². The van der Waals surface area contributed by atoms with Gasteiger partial charge in [-0.2, -0.15) is 5.10 Å². The van der Waals surface area contributed by atoms with Gasteiger partial charge >= 0.3 is 0 Å². The fourth-order valence-electron chi connectivity index (χ4n) is 2.53. The molecule has 1 aliphatic rings. The highest BCUT2D eigenvalue weighted by molar-refractivity contribution is 5.76. The highest BCUT2D eigenvalue weighted by Gasteiger charge is 2.23. The summed E-state index contributed by atoms with van der Waals surface area (Å²) in [7, 11) is 0. The molecule has 2 aromatic rings. The molecule has 0 saturated carbocycles. The zero-order valence-electron chi connectivity index (χ0n) is 12.5. The normalized spacial score (nSPS) is 15.1. The summed E-state index contributed by atoms with van der Waals surface area (Å²) in [6.45, 7) is 4.79. The summed E-state index contributed by atoms with van der Waals surface area (Å²) in [5.74, 6) is 1.26. The first-order valence-corrected chi connectivity index (χ1v) is 7.23. The summed E-state index contributed by atoms with van der Waals surface area (Å²) in [5.41, 5.74) is 6.64. The van der Waals surface area contributed by atoms with Crippen LogP contribution >= 0.6 is 0 Å². The van der Waals surface area contributed by atoms with Gasteiger partial charge in [0.2, 0.25) is 11.9 Å². The number of nitrogen functional groups attached to an aromatic ring is 1. The fourth-order valence-corrected chi connectivity index (χ4v) is 2.53. The maximum Gasteiger partial charge on any atom is 0.244 e. The van der Waals surface area contributed by atoms with Crippen molar-refractivity contribution in [3.63, 3.8) is 0 Å². The molecule has 0 atom stereocenters. The Morgan fingerprint density at radius 2 is 1.91 bits per heavy atom. The van der Waals surface area contributed by atoms with E-state index in [1.54, 1.807) is 29.2 Å². The Hall–Kier alpha value is -2.64. The minimum atomic E-state index is 0.0310. The average molecular weight is 301 g/mol. The summed E-state index contributed by atoms with van der Waals surface area (Å²) in [6.07, 6.45) is 3.45. The zero-order valence-corrected chi connectivity index (χ0v) is 12.5. The van der Waals surface area contributed by atoms with Gasteiger partial charge in [-0.25, -0.2) is 14.6 Å². The molecular formula is C14H19N7O. The lowest BCUT2D eigenvalue weighted by atomic mass is 10.3. The number of amides is 1. The standard InChI is InChI=1S/C14H19N7O/c1-11-9-12(15)21(18-11)10-13(22)19-5-7-20(8-6-19)14-16-3-2-4-17-14/h2-4,9H,5-8,10,15H2,1H3. The lowest BCUT2D eigenvalue weighted by Crippen LogP contribution is -2.50. The van der Waals surface area contributed by atoms with E-state index in [4.69, 9.17) is 5.73 Å². The molecule has 8 heteroatoms. The summed E-state index contributed by atoms with van der Waals surface area (Å²) in [4.78, 5) is 24.7. The van der Waals surface area contributed by atoms with Gasteiger partial charge in [0.1, 0.15) is 12.4 Å². The summed E-state index contributed by atoms with van der Waals surface area (Å²) >= 11 is 0. The van der Waals surface area contributed by atoms with Gasteiger partial charge in [-0.1, -0.05) is 0 Å². The first-order valence-electron chi connectivity index (χ1n) is 7.23. The molecule has 116 valence electrons. The molecule has 1 aliphatic heterocycles. The van der Waals surface area contributed by atoms with Crippen LogP contribution in [0.4, 0.5) is 11.8 Å². The predicted molar refractivity (Wildman–Crippen MR) is 82.2 cm³/mol. The maximum atomic E-state index is 12.3. The van der Waals surface area contributed by atoms with Gasteiger partial charge in [0.15, 0.2) is 0 Å². The number of carbonyl (C=O) groups excluding carboxylic acids is 1. The van der Waals surface area contributed by atoms with Crippen molar-refractivity contribution in [2.24, 2.45) is 0 Å². The first kappa shape index (κ1) is 14.3. The fraction of sp³-hybridized carbons (Fsp3) is 0.429. The third kappa shape index (κ3) is 3.00. The number of aryl methyl sites for hydroxylation is 1. The molecule has 22 heavy (non-hydrogen) atoms. The lowest BCUT2D eigenvalue weighted by Gasteiger charge is -2.34. The Morgan fingerprint density at radius 1 is 1.23 bits per heavy atom. The number of piperazine rings is 1. The minimum absolute atomic E-state index is 0.0310. The van der Waals surface area contributed by atoms with E-state index in [1.807, 2.05) is 11.8 Å². The number of hydrogen-bond donors (Lipinski definition) is 1.